The first-order chi connectivity index (χ1) is 9.08. The van der Waals surface area contributed by atoms with E-state index in [1.54, 1.807) is 0 Å². The number of aryl methyl sites for hydroxylation is 1. The topological polar surface area (TPSA) is 50.1 Å². The van der Waals surface area contributed by atoms with Gasteiger partial charge in [-0.25, -0.2) is 0 Å². The molecule has 2 aromatic rings. The van der Waals surface area contributed by atoms with E-state index in [9.17, 15) is 5.11 Å². The fourth-order valence-corrected chi connectivity index (χ4v) is 2.31. The standard InChI is InChI=1S/C14H18BrN3O/c1-10-12(8-17-18(10)2)7-16-9-14(19)11-4-3-5-13(15)6-11/h3-6,8,14,16,19H,7,9H2,1-2H3. The summed E-state index contributed by atoms with van der Waals surface area (Å²) in [5, 5.41) is 17.5. The van der Waals surface area contributed by atoms with Crippen LogP contribution >= 0.6 is 15.9 Å². The van der Waals surface area contributed by atoms with Gasteiger partial charge in [0.25, 0.3) is 0 Å². The van der Waals surface area contributed by atoms with Gasteiger partial charge in [-0.3, -0.25) is 4.68 Å². The maximum Gasteiger partial charge on any atom is 0.0914 e. The fraction of sp³-hybridized carbons (Fsp3) is 0.357. The molecule has 5 heteroatoms. The van der Waals surface area contributed by atoms with Crippen molar-refractivity contribution < 1.29 is 5.11 Å². The number of aliphatic hydroxyl groups excluding tert-OH is 1. The van der Waals surface area contributed by atoms with E-state index in [-0.39, 0.29) is 0 Å². The largest absolute Gasteiger partial charge is 0.387 e. The smallest absolute Gasteiger partial charge is 0.0914 e. The monoisotopic (exact) mass is 323 g/mol. The molecule has 0 radical (unpaired) electrons. The summed E-state index contributed by atoms with van der Waals surface area (Å²) in [6.45, 7) is 3.27. The Balaban J connectivity index is 1.87. The molecular weight excluding hydrogens is 306 g/mol. The van der Waals surface area contributed by atoms with Gasteiger partial charge in [0.1, 0.15) is 0 Å². The third-order valence-corrected chi connectivity index (χ3v) is 3.72. The Morgan fingerprint density at radius 2 is 2.26 bits per heavy atom. The third kappa shape index (κ3) is 3.65. The molecule has 0 aliphatic carbocycles. The van der Waals surface area contributed by atoms with Gasteiger partial charge in [0, 0.05) is 35.9 Å². The highest BCUT2D eigenvalue weighted by Gasteiger charge is 2.08. The predicted octanol–water partition coefficient (Wildman–Crippen LogP) is 2.31. The summed E-state index contributed by atoms with van der Waals surface area (Å²) in [4.78, 5) is 0. The summed E-state index contributed by atoms with van der Waals surface area (Å²) in [7, 11) is 1.93. The van der Waals surface area contributed by atoms with Gasteiger partial charge in [0.05, 0.1) is 12.3 Å². The van der Waals surface area contributed by atoms with Gasteiger partial charge < -0.3 is 10.4 Å². The van der Waals surface area contributed by atoms with Crippen LogP contribution in [-0.4, -0.2) is 21.4 Å². The van der Waals surface area contributed by atoms with Crippen molar-refractivity contribution in [1.29, 1.82) is 0 Å². The summed E-state index contributed by atoms with van der Waals surface area (Å²) in [6, 6.07) is 7.73. The zero-order valence-corrected chi connectivity index (χ0v) is 12.7. The first-order valence-electron chi connectivity index (χ1n) is 6.19. The maximum atomic E-state index is 10.1. The highest BCUT2D eigenvalue weighted by molar-refractivity contribution is 9.10. The van der Waals surface area contributed by atoms with Crippen LogP contribution in [0.2, 0.25) is 0 Å². The first-order valence-corrected chi connectivity index (χ1v) is 6.99. The second kappa shape index (κ2) is 6.32. The van der Waals surface area contributed by atoms with Crippen molar-refractivity contribution in [2.24, 2.45) is 7.05 Å². The minimum atomic E-state index is -0.505. The van der Waals surface area contributed by atoms with Crippen LogP contribution in [0, 0.1) is 6.92 Å². The van der Waals surface area contributed by atoms with Crippen molar-refractivity contribution >= 4 is 15.9 Å². The van der Waals surface area contributed by atoms with Crippen molar-refractivity contribution in [1.82, 2.24) is 15.1 Å². The molecule has 0 aliphatic heterocycles. The van der Waals surface area contributed by atoms with E-state index in [1.807, 2.05) is 49.1 Å². The Labute approximate surface area is 121 Å². The maximum absolute atomic E-state index is 10.1. The molecule has 0 spiro atoms. The number of benzene rings is 1. The minimum Gasteiger partial charge on any atom is -0.387 e. The van der Waals surface area contributed by atoms with Crippen LogP contribution in [0.25, 0.3) is 0 Å². The molecule has 4 nitrogen and oxygen atoms in total. The van der Waals surface area contributed by atoms with Crippen LogP contribution in [-0.2, 0) is 13.6 Å². The van der Waals surface area contributed by atoms with Gasteiger partial charge in [-0.15, -0.1) is 0 Å². The molecule has 102 valence electrons. The van der Waals surface area contributed by atoms with Crippen LogP contribution in [0.4, 0.5) is 0 Å². The van der Waals surface area contributed by atoms with E-state index in [4.69, 9.17) is 0 Å². The van der Waals surface area contributed by atoms with E-state index < -0.39 is 6.10 Å². The van der Waals surface area contributed by atoms with Crippen molar-refractivity contribution in [2.75, 3.05) is 6.54 Å². The van der Waals surface area contributed by atoms with Gasteiger partial charge in [-0.1, -0.05) is 28.1 Å². The lowest BCUT2D eigenvalue weighted by Crippen LogP contribution is -2.21. The number of aliphatic hydroxyl groups is 1. The van der Waals surface area contributed by atoms with Crippen molar-refractivity contribution in [3.05, 3.63) is 51.8 Å². The Morgan fingerprint density at radius 1 is 1.47 bits per heavy atom. The number of hydrogen-bond acceptors (Lipinski definition) is 3. The zero-order chi connectivity index (χ0) is 13.8. The molecule has 0 fully saturated rings. The molecule has 1 aromatic heterocycles. The van der Waals surface area contributed by atoms with E-state index in [2.05, 4.69) is 26.3 Å². The molecule has 0 bridgehead atoms. The normalized spacial score (nSPS) is 12.6. The quantitative estimate of drug-likeness (QED) is 0.887. The summed E-state index contributed by atoms with van der Waals surface area (Å²) >= 11 is 3.41. The zero-order valence-electron chi connectivity index (χ0n) is 11.1. The van der Waals surface area contributed by atoms with Gasteiger partial charge in [-0.05, 0) is 24.6 Å². The van der Waals surface area contributed by atoms with E-state index in [1.165, 1.54) is 0 Å². The number of rotatable bonds is 5. The molecule has 0 aliphatic rings. The average molecular weight is 324 g/mol. The van der Waals surface area contributed by atoms with Crippen LogP contribution in [0.15, 0.2) is 34.9 Å². The molecule has 0 saturated heterocycles. The Morgan fingerprint density at radius 3 is 2.89 bits per heavy atom. The van der Waals surface area contributed by atoms with Crippen LogP contribution in [0.3, 0.4) is 0 Å². The average Bonchev–Trinajstić information content (AvgIpc) is 2.70. The van der Waals surface area contributed by atoms with Crippen molar-refractivity contribution in [3.8, 4) is 0 Å². The molecule has 1 atom stereocenters. The SMILES string of the molecule is Cc1c(CNCC(O)c2cccc(Br)c2)cnn1C. The fourth-order valence-electron chi connectivity index (χ4n) is 1.89. The molecule has 0 amide bonds. The highest BCUT2D eigenvalue weighted by Crippen LogP contribution is 2.17. The summed E-state index contributed by atoms with van der Waals surface area (Å²) in [6.07, 6.45) is 1.35. The van der Waals surface area contributed by atoms with E-state index in [0.29, 0.717) is 13.1 Å². The summed E-state index contributed by atoms with van der Waals surface area (Å²) < 4.78 is 2.83. The van der Waals surface area contributed by atoms with Crippen LogP contribution in [0.1, 0.15) is 22.9 Å². The lowest BCUT2D eigenvalue weighted by molar-refractivity contribution is 0.174. The molecule has 1 heterocycles. The molecule has 0 saturated carbocycles. The molecule has 1 aromatic carbocycles. The van der Waals surface area contributed by atoms with Crippen LogP contribution in [0.5, 0.6) is 0 Å². The second-order valence-electron chi connectivity index (χ2n) is 4.58. The molecular formula is C14H18BrN3O. The Hall–Kier alpha value is -1.17. The Kier molecular flexibility index (Phi) is 4.74. The van der Waals surface area contributed by atoms with Gasteiger partial charge in [0.2, 0.25) is 0 Å². The highest BCUT2D eigenvalue weighted by atomic mass is 79.9. The number of nitrogens with zero attached hydrogens (tertiary/aromatic N) is 2. The lowest BCUT2D eigenvalue weighted by atomic mass is 10.1. The third-order valence-electron chi connectivity index (χ3n) is 3.22. The Bertz CT molecular complexity index is 553. The minimum absolute atomic E-state index is 0.505. The van der Waals surface area contributed by atoms with E-state index in [0.717, 1.165) is 21.3 Å². The number of aromatic nitrogens is 2. The van der Waals surface area contributed by atoms with Crippen molar-refractivity contribution in [2.45, 2.75) is 19.6 Å². The first kappa shape index (κ1) is 14.2. The van der Waals surface area contributed by atoms with Crippen LogP contribution < -0.4 is 5.32 Å². The van der Waals surface area contributed by atoms with Crippen molar-refractivity contribution in [3.63, 3.8) is 0 Å². The van der Waals surface area contributed by atoms with Gasteiger partial charge in [0.15, 0.2) is 0 Å². The number of halogens is 1. The number of hydrogen-bond donors (Lipinski definition) is 2. The molecule has 1 unspecified atom stereocenters. The second-order valence-corrected chi connectivity index (χ2v) is 5.50. The molecule has 2 rings (SSSR count). The number of nitrogens with one attached hydrogen (secondary N) is 1. The summed E-state index contributed by atoms with van der Waals surface area (Å²) in [5.74, 6) is 0. The van der Waals surface area contributed by atoms with Gasteiger partial charge >= 0.3 is 0 Å². The lowest BCUT2D eigenvalue weighted by Gasteiger charge is -2.12. The molecule has 2 N–H and O–H groups in total. The predicted molar refractivity (Wildman–Crippen MR) is 78.8 cm³/mol. The van der Waals surface area contributed by atoms with E-state index >= 15 is 0 Å². The summed E-state index contributed by atoms with van der Waals surface area (Å²) in [5.41, 5.74) is 3.21. The molecule has 19 heavy (non-hydrogen) atoms. The van der Waals surface area contributed by atoms with Gasteiger partial charge in [-0.2, -0.15) is 5.10 Å².